The summed E-state index contributed by atoms with van der Waals surface area (Å²) in [5, 5.41) is 5.24. The molecule has 2 N–H and O–H groups in total. The molecule has 1 heterocycles. The number of para-hydroxylation sites is 1. The van der Waals surface area contributed by atoms with Gasteiger partial charge in [-0.05, 0) is 30.2 Å². The maximum atomic E-state index is 13.7. The third-order valence-corrected chi connectivity index (χ3v) is 3.83. The van der Waals surface area contributed by atoms with Crippen molar-refractivity contribution in [1.82, 2.24) is 9.97 Å². The highest BCUT2D eigenvalue weighted by molar-refractivity contribution is 6.03. The minimum Gasteiger partial charge on any atom is -0.336 e. The van der Waals surface area contributed by atoms with Gasteiger partial charge in [0, 0.05) is 5.69 Å². The molecule has 0 unspecified atom stereocenters. The lowest BCUT2D eigenvalue weighted by atomic mass is 10.1. The number of anilines is 3. The normalized spacial score (nSPS) is 10.5. The van der Waals surface area contributed by atoms with Crippen LogP contribution in [0.2, 0.25) is 0 Å². The van der Waals surface area contributed by atoms with E-state index in [9.17, 15) is 18.0 Å². The van der Waals surface area contributed by atoms with E-state index in [4.69, 9.17) is 0 Å². The molecule has 0 aliphatic carbocycles. The second-order valence-corrected chi connectivity index (χ2v) is 5.60. The number of benzene rings is 2. The van der Waals surface area contributed by atoms with Gasteiger partial charge in [0.15, 0.2) is 17.5 Å². The molecule has 5 nitrogen and oxygen atoms in total. The average molecular weight is 372 g/mol. The van der Waals surface area contributed by atoms with Crippen LogP contribution in [0.4, 0.5) is 30.4 Å². The Hall–Kier alpha value is -3.42. The van der Waals surface area contributed by atoms with Crippen molar-refractivity contribution in [2.24, 2.45) is 0 Å². The van der Waals surface area contributed by atoms with Crippen LogP contribution in [0, 0.1) is 17.5 Å². The summed E-state index contributed by atoms with van der Waals surface area (Å²) in [6.07, 6.45) is 3.15. The standard InChI is InChI=1S/C19H15F3N4O/c1-2-11-5-3-4-6-13(11)26-19(27)15-9-24-16(10-23-15)25-14-8-7-12(20)17(21)18(14)22/h3-10H,2H2,1H3,(H,24,25)(H,26,27). The zero-order chi connectivity index (χ0) is 19.4. The molecule has 27 heavy (non-hydrogen) atoms. The molecule has 0 fully saturated rings. The van der Waals surface area contributed by atoms with Crippen LogP contribution in [-0.2, 0) is 6.42 Å². The highest BCUT2D eigenvalue weighted by atomic mass is 19.2. The number of hydrogen-bond acceptors (Lipinski definition) is 4. The maximum absolute atomic E-state index is 13.7. The topological polar surface area (TPSA) is 66.9 Å². The van der Waals surface area contributed by atoms with Crippen LogP contribution in [0.15, 0.2) is 48.8 Å². The van der Waals surface area contributed by atoms with Gasteiger partial charge in [0.25, 0.3) is 5.91 Å². The Labute approximate surface area is 153 Å². The van der Waals surface area contributed by atoms with Crippen molar-refractivity contribution in [3.05, 3.63) is 77.5 Å². The molecule has 0 radical (unpaired) electrons. The molecule has 138 valence electrons. The summed E-state index contributed by atoms with van der Waals surface area (Å²) in [6.45, 7) is 1.97. The predicted molar refractivity (Wildman–Crippen MR) is 95.4 cm³/mol. The van der Waals surface area contributed by atoms with Crippen molar-refractivity contribution >= 4 is 23.1 Å². The van der Waals surface area contributed by atoms with E-state index in [0.29, 0.717) is 5.69 Å². The summed E-state index contributed by atoms with van der Waals surface area (Å²) in [5.41, 5.74) is 1.42. The summed E-state index contributed by atoms with van der Waals surface area (Å²) in [4.78, 5) is 20.2. The SMILES string of the molecule is CCc1ccccc1NC(=O)c1cnc(Nc2ccc(F)c(F)c2F)cn1. The molecule has 0 spiro atoms. The van der Waals surface area contributed by atoms with Gasteiger partial charge in [0.2, 0.25) is 0 Å². The van der Waals surface area contributed by atoms with Gasteiger partial charge < -0.3 is 10.6 Å². The highest BCUT2D eigenvalue weighted by Gasteiger charge is 2.15. The van der Waals surface area contributed by atoms with Crippen molar-refractivity contribution in [2.45, 2.75) is 13.3 Å². The molecule has 0 saturated carbocycles. The van der Waals surface area contributed by atoms with Gasteiger partial charge >= 0.3 is 0 Å². The van der Waals surface area contributed by atoms with Crippen LogP contribution in [0.3, 0.4) is 0 Å². The minimum absolute atomic E-state index is 0.0530. The first-order valence-electron chi connectivity index (χ1n) is 8.11. The van der Waals surface area contributed by atoms with E-state index in [1.54, 1.807) is 6.07 Å². The lowest BCUT2D eigenvalue weighted by molar-refractivity contribution is 0.102. The number of rotatable bonds is 5. The van der Waals surface area contributed by atoms with E-state index < -0.39 is 23.4 Å². The zero-order valence-corrected chi connectivity index (χ0v) is 14.3. The summed E-state index contributed by atoms with van der Waals surface area (Å²) < 4.78 is 39.9. The fourth-order valence-electron chi connectivity index (χ4n) is 2.41. The first kappa shape index (κ1) is 18.4. The molecule has 0 saturated heterocycles. The van der Waals surface area contributed by atoms with Crippen LogP contribution in [0.25, 0.3) is 0 Å². The Morgan fingerprint density at radius 1 is 0.963 bits per heavy atom. The van der Waals surface area contributed by atoms with Gasteiger partial charge in [0.1, 0.15) is 11.5 Å². The quantitative estimate of drug-likeness (QED) is 0.650. The number of aryl methyl sites for hydroxylation is 1. The summed E-state index contributed by atoms with van der Waals surface area (Å²) >= 11 is 0. The monoisotopic (exact) mass is 372 g/mol. The van der Waals surface area contributed by atoms with Crippen LogP contribution in [0.5, 0.6) is 0 Å². The largest absolute Gasteiger partial charge is 0.336 e. The Kier molecular flexibility index (Phi) is 5.35. The highest BCUT2D eigenvalue weighted by Crippen LogP contribution is 2.22. The van der Waals surface area contributed by atoms with Gasteiger partial charge in [-0.15, -0.1) is 0 Å². The Balaban J connectivity index is 1.73. The number of nitrogens with one attached hydrogen (secondary N) is 2. The number of hydrogen-bond donors (Lipinski definition) is 2. The van der Waals surface area contributed by atoms with Gasteiger partial charge in [-0.3, -0.25) is 4.79 Å². The predicted octanol–water partition coefficient (Wildman–Crippen LogP) is 4.45. The number of nitrogens with zero attached hydrogens (tertiary/aromatic N) is 2. The molecule has 8 heteroatoms. The molecule has 0 aliphatic heterocycles. The molecule has 1 aromatic heterocycles. The number of carbonyl (C=O) groups excluding carboxylic acids is 1. The third-order valence-electron chi connectivity index (χ3n) is 3.83. The third kappa shape index (κ3) is 4.05. The Bertz CT molecular complexity index is 977. The number of aromatic nitrogens is 2. The molecule has 3 rings (SSSR count). The molecular weight excluding hydrogens is 357 g/mol. The number of carbonyl (C=O) groups is 1. The fourth-order valence-corrected chi connectivity index (χ4v) is 2.41. The lowest BCUT2D eigenvalue weighted by Gasteiger charge is -2.10. The molecule has 2 aromatic carbocycles. The van der Waals surface area contributed by atoms with Crippen molar-refractivity contribution in [2.75, 3.05) is 10.6 Å². The number of amides is 1. The smallest absolute Gasteiger partial charge is 0.275 e. The molecule has 0 atom stereocenters. The van der Waals surface area contributed by atoms with E-state index in [-0.39, 0.29) is 17.2 Å². The van der Waals surface area contributed by atoms with Gasteiger partial charge in [0.05, 0.1) is 18.1 Å². The van der Waals surface area contributed by atoms with Crippen molar-refractivity contribution in [3.63, 3.8) is 0 Å². The molecule has 0 bridgehead atoms. The molecule has 1 amide bonds. The van der Waals surface area contributed by atoms with Crippen molar-refractivity contribution in [3.8, 4) is 0 Å². The fraction of sp³-hybridized carbons (Fsp3) is 0.105. The second-order valence-electron chi connectivity index (χ2n) is 5.60. The van der Waals surface area contributed by atoms with Crippen LogP contribution >= 0.6 is 0 Å². The van der Waals surface area contributed by atoms with Crippen molar-refractivity contribution < 1.29 is 18.0 Å². The minimum atomic E-state index is -1.58. The first-order valence-corrected chi connectivity index (χ1v) is 8.11. The summed E-state index contributed by atoms with van der Waals surface area (Å²) in [7, 11) is 0. The van der Waals surface area contributed by atoms with E-state index in [1.807, 2.05) is 25.1 Å². The lowest BCUT2D eigenvalue weighted by Crippen LogP contribution is -2.15. The van der Waals surface area contributed by atoms with Crippen molar-refractivity contribution in [1.29, 1.82) is 0 Å². The number of halogens is 3. The Morgan fingerprint density at radius 2 is 1.74 bits per heavy atom. The average Bonchev–Trinajstić information content (AvgIpc) is 2.69. The molecular formula is C19H15F3N4O. The first-order chi connectivity index (χ1) is 13.0. The van der Waals surface area contributed by atoms with Gasteiger partial charge in [-0.2, -0.15) is 0 Å². The van der Waals surface area contributed by atoms with E-state index >= 15 is 0 Å². The van der Waals surface area contributed by atoms with Crippen LogP contribution < -0.4 is 10.6 Å². The van der Waals surface area contributed by atoms with Crippen LogP contribution in [-0.4, -0.2) is 15.9 Å². The maximum Gasteiger partial charge on any atom is 0.275 e. The van der Waals surface area contributed by atoms with E-state index in [1.165, 1.54) is 12.4 Å². The van der Waals surface area contributed by atoms with E-state index in [2.05, 4.69) is 20.6 Å². The van der Waals surface area contributed by atoms with E-state index in [0.717, 1.165) is 24.1 Å². The molecule has 3 aromatic rings. The Morgan fingerprint density at radius 3 is 2.44 bits per heavy atom. The van der Waals surface area contributed by atoms with Gasteiger partial charge in [-0.25, -0.2) is 23.1 Å². The zero-order valence-electron chi connectivity index (χ0n) is 14.3. The summed E-state index contributed by atoms with van der Waals surface area (Å²) in [6, 6.07) is 9.21. The molecule has 0 aliphatic rings. The second kappa shape index (κ2) is 7.86. The van der Waals surface area contributed by atoms with Gasteiger partial charge in [-0.1, -0.05) is 25.1 Å². The van der Waals surface area contributed by atoms with Crippen LogP contribution in [0.1, 0.15) is 23.0 Å². The summed E-state index contributed by atoms with van der Waals surface area (Å²) in [5.74, 6) is -4.61.